The maximum atomic E-state index is 5.08. The quantitative estimate of drug-likeness (QED) is 0.190. The van der Waals surface area contributed by atoms with Gasteiger partial charge >= 0.3 is 0 Å². The van der Waals surface area contributed by atoms with Crippen LogP contribution in [-0.4, -0.2) is 9.55 Å². The highest BCUT2D eigenvalue weighted by Gasteiger charge is 2.21. The molecule has 0 N–H and O–H groups in total. The molecular formula is C41H26N2S2. The topological polar surface area (TPSA) is 17.8 Å². The fourth-order valence-corrected chi connectivity index (χ4v) is 8.71. The van der Waals surface area contributed by atoms with E-state index in [1.165, 1.54) is 52.9 Å². The third-order valence-corrected chi connectivity index (χ3v) is 10.7. The monoisotopic (exact) mass is 610 g/mol. The van der Waals surface area contributed by atoms with Crippen LogP contribution < -0.4 is 0 Å². The van der Waals surface area contributed by atoms with E-state index in [0.29, 0.717) is 0 Å². The molecule has 0 spiro atoms. The third-order valence-electron chi connectivity index (χ3n) is 8.52. The number of hydrogen-bond donors (Lipinski definition) is 0. The van der Waals surface area contributed by atoms with E-state index < -0.39 is 0 Å². The number of hydrogen-bond acceptors (Lipinski definition) is 3. The predicted molar refractivity (Wildman–Crippen MR) is 194 cm³/mol. The second-order valence-electron chi connectivity index (χ2n) is 11.2. The minimum absolute atomic E-state index is 0.947. The highest BCUT2D eigenvalue weighted by molar-refractivity contribution is 7.23. The van der Waals surface area contributed by atoms with Crippen molar-refractivity contribution in [2.45, 2.75) is 0 Å². The summed E-state index contributed by atoms with van der Waals surface area (Å²) in [6.07, 6.45) is 0. The summed E-state index contributed by atoms with van der Waals surface area (Å²) in [5.74, 6) is 0.947. The summed E-state index contributed by atoms with van der Waals surface area (Å²) in [6.45, 7) is 0. The van der Waals surface area contributed by atoms with Crippen LogP contribution >= 0.6 is 22.7 Å². The number of nitrogens with zero attached hydrogens (tertiary/aromatic N) is 2. The molecule has 3 heterocycles. The molecule has 0 saturated heterocycles. The Morgan fingerprint density at radius 3 is 1.80 bits per heavy atom. The number of thiophene rings is 2. The van der Waals surface area contributed by atoms with Crippen molar-refractivity contribution >= 4 is 53.9 Å². The third kappa shape index (κ3) is 4.33. The summed E-state index contributed by atoms with van der Waals surface area (Å²) < 4.78 is 4.93. The van der Waals surface area contributed by atoms with Gasteiger partial charge in [-0.15, -0.1) is 22.7 Å². The first-order valence-corrected chi connectivity index (χ1v) is 16.7. The van der Waals surface area contributed by atoms with Crippen LogP contribution in [0.2, 0.25) is 0 Å². The Labute approximate surface area is 269 Å². The number of aromatic nitrogens is 2. The molecule has 9 aromatic rings. The lowest BCUT2D eigenvalue weighted by Gasteiger charge is -2.12. The van der Waals surface area contributed by atoms with Crippen molar-refractivity contribution in [3.05, 3.63) is 157 Å². The molecule has 212 valence electrons. The minimum Gasteiger partial charge on any atom is -0.292 e. The lowest BCUT2D eigenvalue weighted by atomic mass is 9.93. The largest absolute Gasteiger partial charge is 0.292 e. The summed E-state index contributed by atoms with van der Waals surface area (Å²) in [6, 6.07) is 54.2. The zero-order valence-corrected chi connectivity index (χ0v) is 25.9. The Hall–Kier alpha value is -5.29. The number of imidazole rings is 1. The van der Waals surface area contributed by atoms with Crippen molar-refractivity contribution in [3.8, 4) is 49.8 Å². The van der Waals surface area contributed by atoms with Crippen LogP contribution in [0.5, 0.6) is 0 Å². The van der Waals surface area contributed by atoms with Crippen molar-refractivity contribution < 1.29 is 0 Å². The molecule has 45 heavy (non-hydrogen) atoms. The van der Waals surface area contributed by atoms with Gasteiger partial charge in [0.1, 0.15) is 5.82 Å². The Balaban J connectivity index is 1.23. The second kappa shape index (κ2) is 10.7. The first kappa shape index (κ1) is 26.1. The van der Waals surface area contributed by atoms with Gasteiger partial charge in [-0.1, -0.05) is 115 Å². The van der Waals surface area contributed by atoms with Crippen molar-refractivity contribution in [2.75, 3.05) is 0 Å². The molecule has 0 radical (unpaired) electrons. The standard InChI is InChI=1S/C41H26N2S2/c1-4-12-28(13-5-1)37-32-24-25-44-39(32)38(29-14-6-2-7-15-29)33-26-36(45-40(33)37)27-20-22-30(23-21-27)41-42-34-18-10-11-19-35(34)43(41)31-16-8-3-9-17-31/h1-26H. The van der Waals surface area contributed by atoms with E-state index in [1.807, 2.05) is 22.7 Å². The van der Waals surface area contributed by atoms with E-state index in [9.17, 15) is 0 Å². The molecule has 0 atom stereocenters. The maximum absolute atomic E-state index is 5.08. The van der Waals surface area contributed by atoms with Gasteiger partial charge in [0.2, 0.25) is 0 Å². The van der Waals surface area contributed by atoms with Gasteiger partial charge in [0.25, 0.3) is 0 Å². The Morgan fingerprint density at radius 2 is 1.09 bits per heavy atom. The molecule has 0 bridgehead atoms. The molecule has 0 unspecified atom stereocenters. The molecule has 2 nitrogen and oxygen atoms in total. The fraction of sp³-hybridized carbons (Fsp3) is 0. The molecule has 0 aliphatic heterocycles. The zero-order chi connectivity index (χ0) is 29.7. The van der Waals surface area contributed by atoms with E-state index in [-0.39, 0.29) is 0 Å². The Bertz CT molecular complexity index is 2360. The van der Waals surface area contributed by atoms with Crippen LogP contribution in [0.1, 0.15) is 0 Å². The van der Waals surface area contributed by atoms with Gasteiger partial charge in [-0.2, -0.15) is 0 Å². The van der Waals surface area contributed by atoms with E-state index in [4.69, 9.17) is 4.98 Å². The normalized spacial score (nSPS) is 11.6. The molecule has 9 rings (SSSR count). The zero-order valence-electron chi connectivity index (χ0n) is 24.2. The molecule has 6 aromatic carbocycles. The Morgan fingerprint density at radius 1 is 0.489 bits per heavy atom. The molecule has 0 aliphatic rings. The number of benzene rings is 6. The van der Waals surface area contributed by atoms with Crippen LogP contribution in [0.4, 0.5) is 0 Å². The molecule has 0 aliphatic carbocycles. The van der Waals surface area contributed by atoms with Crippen LogP contribution in [0.15, 0.2) is 157 Å². The van der Waals surface area contributed by atoms with Gasteiger partial charge < -0.3 is 0 Å². The average molecular weight is 611 g/mol. The summed E-state index contributed by atoms with van der Waals surface area (Å²) in [4.78, 5) is 6.34. The second-order valence-corrected chi connectivity index (χ2v) is 13.1. The maximum Gasteiger partial charge on any atom is 0.145 e. The number of para-hydroxylation sites is 3. The highest BCUT2D eigenvalue weighted by atomic mass is 32.1. The highest BCUT2D eigenvalue weighted by Crippen LogP contribution is 2.50. The lowest BCUT2D eigenvalue weighted by Crippen LogP contribution is -1.97. The van der Waals surface area contributed by atoms with Crippen LogP contribution in [0, 0.1) is 0 Å². The molecule has 0 fully saturated rings. The first-order chi connectivity index (χ1) is 22.3. The van der Waals surface area contributed by atoms with Gasteiger partial charge in [0.05, 0.1) is 11.0 Å². The molecule has 0 saturated carbocycles. The number of rotatable bonds is 5. The van der Waals surface area contributed by atoms with Crippen LogP contribution in [0.3, 0.4) is 0 Å². The lowest BCUT2D eigenvalue weighted by molar-refractivity contribution is 1.10. The van der Waals surface area contributed by atoms with Crippen molar-refractivity contribution in [1.29, 1.82) is 0 Å². The summed E-state index contributed by atoms with van der Waals surface area (Å²) in [7, 11) is 0. The van der Waals surface area contributed by atoms with E-state index in [1.54, 1.807) is 0 Å². The van der Waals surface area contributed by atoms with Gasteiger partial charge in [0, 0.05) is 47.4 Å². The van der Waals surface area contributed by atoms with Gasteiger partial charge in [0.15, 0.2) is 0 Å². The fourth-order valence-electron chi connectivity index (χ4n) is 6.47. The van der Waals surface area contributed by atoms with E-state index in [0.717, 1.165) is 28.1 Å². The van der Waals surface area contributed by atoms with Crippen molar-refractivity contribution in [2.24, 2.45) is 0 Å². The Kier molecular flexibility index (Phi) is 6.22. The van der Waals surface area contributed by atoms with Crippen LogP contribution in [0.25, 0.3) is 81.0 Å². The predicted octanol–water partition coefficient (Wildman–Crippen LogP) is 12.1. The smallest absolute Gasteiger partial charge is 0.145 e. The first-order valence-electron chi connectivity index (χ1n) is 15.0. The molecular weight excluding hydrogens is 585 g/mol. The average Bonchev–Trinajstić information content (AvgIpc) is 3.86. The van der Waals surface area contributed by atoms with Gasteiger partial charge in [-0.25, -0.2) is 4.98 Å². The van der Waals surface area contributed by atoms with Crippen molar-refractivity contribution in [1.82, 2.24) is 9.55 Å². The minimum atomic E-state index is 0.947. The molecule has 0 amide bonds. The van der Waals surface area contributed by atoms with Crippen molar-refractivity contribution in [3.63, 3.8) is 0 Å². The molecule has 4 heteroatoms. The SMILES string of the molecule is c1ccc(-c2c3cc(-c4ccc(-c5nc6ccccc6n5-c5ccccc5)cc4)sc3c(-c3ccccc3)c3ccsc23)cc1. The summed E-state index contributed by atoms with van der Waals surface area (Å²) in [5.41, 5.74) is 10.7. The summed E-state index contributed by atoms with van der Waals surface area (Å²) >= 11 is 3.72. The summed E-state index contributed by atoms with van der Waals surface area (Å²) in [5, 5.41) is 4.86. The van der Waals surface area contributed by atoms with Gasteiger partial charge in [-0.05, 0) is 58.5 Å². The number of fused-ring (bicyclic) bond motifs is 3. The van der Waals surface area contributed by atoms with E-state index in [2.05, 4.69) is 162 Å². The molecule has 3 aromatic heterocycles. The van der Waals surface area contributed by atoms with Gasteiger partial charge in [-0.3, -0.25) is 4.57 Å². The van der Waals surface area contributed by atoms with E-state index >= 15 is 0 Å². The van der Waals surface area contributed by atoms with Crippen LogP contribution in [-0.2, 0) is 0 Å².